The van der Waals surface area contributed by atoms with Crippen molar-refractivity contribution < 1.29 is 14.3 Å². The molecule has 0 spiro atoms. The monoisotopic (exact) mass is 319 g/mol. The number of rotatable bonds is 9. The molecule has 0 unspecified atom stereocenters. The van der Waals surface area contributed by atoms with E-state index >= 15 is 0 Å². The van der Waals surface area contributed by atoms with E-state index in [4.69, 9.17) is 4.74 Å². The van der Waals surface area contributed by atoms with Crippen LogP contribution in [0.3, 0.4) is 0 Å². The molecule has 23 heavy (non-hydrogen) atoms. The van der Waals surface area contributed by atoms with Gasteiger partial charge in [0.25, 0.3) is 0 Å². The average molecular weight is 319 g/mol. The number of anilines is 1. The van der Waals surface area contributed by atoms with Crippen LogP contribution in [0.5, 0.6) is 0 Å². The normalized spacial score (nSPS) is 10.9. The molecule has 0 atom stereocenters. The summed E-state index contributed by atoms with van der Waals surface area (Å²) in [6.45, 7) is 8.27. The van der Waals surface area contributed by atoms with E-state index in [0.717, 1.165) is 30.5 Å². The van der Waals surface area contributed by atoms with E-state index in [1.165, 1.54) is 0 Å². The first kappa shape index (κ1) is 19.2. The van der Waals surface area contributed by atoms with Crippen molar-refractivity contribution in [1.82, 2.24) is 0 Å². The molecule has 0 heterocycles. The molecule has 0 aliphatic carbocycles. The molecule has 4 nitrogen and oxygen atoms in total. The lowest BCUT2D eigenvalue weighted by Gasteiger charge is -2.09. The molecule has 1 N–H and O–H groups in total. The molecule has 1 rings (SSSR count). The van der Waals surface area contributed by atoms with Crippen LogP contribution in [-0.4, -0.2) is 11.9 Å². The molecule has 128 valence electrons. The lowest BCUT2D eigenvalue weighted by Crippen LogP contribution is -2.12. The first-order valence-corrected chi connectivity index (χ1v) is 8.44. The molecule has 0 aliphatic heterocycles. The zero-order valence-electron chi connectivity index (χ0n) is 14.7. The summed E-state index contributed by atoms with van der Waals surface area (Å²) in [7, 11) is 0. The van der Waals surface area contributed by atoms with Crippen LogP contribution in [0, 0.1) is 11.8 Å². The van der Waals surface area contributed by atoms with Crippen LogP contribution >= 0.6 is 0 Å². The summed E-state index contributed by atoms with van der Waals surface area (Å²) in [5.74, 6) is 0.413. The molecule has 0 aliphatic rings. The zero-order chi connectivity index (χ0) is 17.2. The molecule has 1 aromatic rings. The summed E-state index contributed by atoms with van der Waals surface area (Å²) in [6.07, 6.45) is 3.73. The van der Waals surface area contributed by atoms with Gasteiger partial charge in [-0.1, -0.05) is 52.7 Å². The SMILES string of the molecule is CC(C)CCCCC(=O)Nc1ccc(COC(=O)C(C)C)cc1. The Balaban J connectivity index is 2.33. The number of benzene rings is 1. The van der Waals surface area contributed by atoms with Crippen molar-refractivity contribution in [2.75, 3.05) is 5.32 Å². The third kappa shape index (κ3) is 8.38. The topological polar surface area (TPSA) is 55.4 Å². The first-order valence-electron chi connectivity index (χ1n) is 8.44. The van der Waals surface area contributed by atoms with Crippen molar-refractivity contribution in [2.45, 2.75) is 60.0 Å². The fourth-order valence-electron chi connectivity index (χ4n) is 2.07. The second-order valence-electron chi connectivity index (χ2n) is 6.65. The standard InChI is InChI=1S/C19H29NO3/c1-14(2)7-5-6-8-18(21)20-17-11-9-16(10-12-17)13-23-19(22)15(3)4/h9-12,14-15H,5-8,13H2,1-4H3,(H,20,21). The highest BCUT2D eigenvalue weighted by atomic mass is 16.5. The third-order valence-corrected chi connectivity index (χ3v) is 3.53. The predicted molar refractivity (Wildman–Crippen MR) is 93.0 cm³/mol. The lowest BCUT2D eigenvalue weighted by atomic mass is 10.1. The van der Waals surface area contributed by atoms with E-state index in [2.05, 4.69) is 19.2 Å². The number of hydrogen-bond acceptors (Lipinski definition) is 3. The van der Waals surface area contributed by atoms with Crippen LogP contribution in [0.25, 0.3) is 0 Å². The maximum absolute atomic E-state index is 11.9. The van der Waals surface area contributed by atoms with Crippen LogP contribution in [0.4, 0.5) is 5.69 Å². The fourth-order valence-corrected chi connectivity index (χ4v) is 2.07. The summed E-state index contributed by atoms with van der Waals surface area (Å²) >= 11 is 0. The van der Waals surface area contributed by atoms with Crippen LogP contribution < -0.4 is 5.32 Å². The van der Waals surface area contributed by atoms with Crippen LogP contribution in [0.2, 0.25) is 0 Å². The minimum atomic E-state index is -0.205. The number of esters is 1. The Kier molecular flexibility index (Phi) is 8.38. The fraction of sp³-hybridized carbons (Fsp3) is 0.579. The molecule has 0 saturated carbocycles. The predicted octanol–water partition coefficient (Wildman–Crippen LogP) is 4.54. The van der Waals surface area contributed by atoms with Gasteiger partial charge in [0.2, 0.25) is 5.91 Å². The van der Waals surface area contributed by atoms with Gasteiger partial charge in [0, 0.05) is 12.1 Å². The van der Waals surface area contributed by atoms with Gasteiger partial charge >= 0.3 is 5.97 Å². The van der Waals surface area contributed by atoms with Crippen molar-refractivity contribution in [3.8, 4) is 0 Å². The minimum Gasteiger partial charge on any atom is -0.461 e. The molecular weight excluding hydrogens is 290 g/mol. The van der Waals surface area contributed by atoms with Crippen molar-refractivity contribution in [3.05, 3.63) is 29.8 Å². The average Bonchev–Trinajstić information content (AvgIpc) is 2.50. The van der Waals surface area contributed by atoms with E-state index in [-0.39, 0.29) is 24.4 Å². The summed E-state index contributed by atoms with van der Waals surface area (Å²) in [4.78, 5) is 23.3. The van der Waals surface area contributed by atoms with E-state index < -0.39 is 0 Å². The molecular formula is C19H29NO3. The van der Waals surface area contributed by atoms with Gasteiger partial charge in [-0.25, -0.2) is 0 Å². The molecule has 0 saturated heterocycles. The summed E-state index contributed by atoms with van der Waals surface area (Å²) in [6, 6.07) is 7.40. The zero-order valence-corrected chi connectivity index (χ0v) is 14.7. The summed E-state index contributed by atoms with van der Waals surface area (Å²) < 4.78 is 5.17. The molecule has 0 fully saturated rings. The quantitative estimate of drug-likeness (QED) is 0.537. The van der Waals surface area contributed by atoms with E-state index in [0.29, 0.717) is 12.3 Å². The van der Waals surface area contributed by atoms with Gasteiger partial charge in [0.05, 0.1) is 5.92 Å². The number of unbranched alkanes of at least 4 members (excludes halogenated alkanes) is 1. The van der Waals surface area contributed by atoms with Crippen molar-refractivity contribution in [1.29, 1.82) is 0 Å². The van der Waals surface area contributed by atoms with Gasteiger partial charge in [0.1, 0.15) is 6.61 Å². The maximum Gasteiger partial charge on any atom is 0.308 e. The van der Waals surface area contributed by atoms with Gasteiger partial charge in [-0.3, -0.25) is 9.59 Å². The van der Waals surface area contributed by atoms with Crippen molar-refractivity contribution in [3.63, 3.8) is 0 Å². The molecule has 1 amide bonds. The lowest BCUT2D eigenvalue weighted by molar-refractivity contribution is -0.148. The summed E-state index contributed by atoms with van der Waals surface area (Å²) in [5, 5.41) is 2.89. The largest absolute Gasteiger partial charge is 0.461 e. The van der Waals surface area contributed by atoms with Crippen LogP contribution in [0.15, 0.2) is 24.3 Å². The Bertz CT molecular complexity index is 492. The Labute approximate surface area is 139 Å². The molecule has 0 radical (unpaired) electrons. The van der Waals surface area contributed by atoms with E-state index in [1.807, 2.05) is 38.1 Å². The Hall–Kier alpha value is -1.84. The number of ether oxygens (including phenoxy) is 1. The number of nitrogens with one attached hydrogen (secondary N) is 1. The van der Waals surface area contributed by atoms with E-state index in [9.17, 15) is 9.59 Å². The van der Waals surface area contributed by atoms with Gasteiger partial charge in [-0.2, -0.15) is 0 Å². The Morgan fingerprint density at radius 3 is 2.26 bits per heavy atom. The molecule has 4 heteroatoms. The third-order valence-electron chi connectivity index (χ3n) is 3.53. The highest BCUT2D eigenvalue weighted by Crippen LogP contribution is 2.13. The smallest absolute Gasteiger partial charge is 0.308 e. The molecule has 0 aromatic heterocycles. The molecule has 0 bridgehead atoms. The van der Waals surface area contributed by atoms with Crippen molar-refractivity contribution in [2.24, 2.45) is 11.8 Å². The second-order valence-corrected chi connectivity index (χ2v) is 6.65. The van der Waals surface area contributed by atoms with E-state index in [1.54, 1.807) is 0 Å². The van der Waals surface area contributed by atoms with Crippen LogP contribution in [-0.2, 0) is 20.9 Å². The molecule has 1 aromatic carbocycles. The van der Waals surface area contributed by atoms with Crippen molar-refractivity contribution >= 4 is 17.6 Å². The van der Waals surface area contributed by atoms with Crippen LogP contribution in [0.1, 0.15) is 58.9 Å². The Morgan fingerprint density at radius 1 is 1.04 bits per heavy atom. The highest BCUT2D eigenvalue weighted by molar-refractivity contribution is 5.90. The number of carbonyl (C=O) groups is 2. The van der Waals surface area contributed by atoms with Gasteiger partial charge < -0.3 is 10.1 Å². The number of carbonyl (C=O) groups excluding carboxylic acids is 2. The second kappa shape index (κ2) is 10.0. The van der Waals surface area contributed by atoms with Gasteiger partial charge in [0.15, 0.2) is 0 Å². The Morgan fingerprint density at radius 2 is 1.70 bits per heavy atom. The van der Waals surface area contributed by atoms with Gasteiger partial charge in [-0.15, -0.1) is 0 Å². The highest BCUT2D eigenvalue weighted by Gasteiger charge is 2.08. The number of hydrogen-bond donors (Lipinski definition) is 1. The van der Waals surface area contributed by atoms with Gasteiger partial charge in [-0.05, 0) is 30.0 Å². The first-order chi connectivity index (χ1) is 10.9. The summed E-state index contributed by atoms with van der Waals surface area (Å²) in [5.41, 5.74) is 1.69. The number of amides is 1. The maximum atomic E-state index is 11.9. The minimum absolute atomic E-state index is 0.0488.